The maximum atomic E-state index is 13.3. The van der Waals surface area contributed by atoms with Crippen LogP contribution >= 0.6 is 0 Å². The van der Waals surface area contributed by atoms with Crippen LogP contribution in [0.15, 0.2) is 61.1 Å². The summed E-state index contributed by atoms with van der Waals surface area (Å²) in [5.74, 6) is -0.881. The van der Waals surface area contributed by atoms with Gasteiger partial charge in [-0.1, -0.05) is 6.07 Å². The van der Waals surface area contributed by atoms with E-state index in [1.54, 1.807) is 24.4 Å². The van der Waals surface area contributed by atoms with E-state index >= 15 is 0 Å². The molecule has 0 saturated heterocycles. The topological polar surface area (TPSA) is 99.8 Å². The minimum Gasteiger partial charge on any atom is -0.346 e. The molecule has 3 N–H and O–H groups in total. The molecule has 0 aliphatic heterocycles. The molecule has 2 aromatic heterocycles. The van der Waals surface area contributed by atoms with E-state index in [0.717, 1.165) is 10.9 Å². The first-order valence-corrected chi connectivity index (χ1v) is 10.2. The third-order valence-corrected chi connectivity index (χ3v) is 5.84. The van der Waals surface area contributed by atoms with Crippen molar-refractivity contribution in [2.45, 2.75) is 25.2 Å². The van der Waals surface area contributed by atoms with Crippen LogP contribution in [-0.4, -0.2) is 26.8 Å². The van der Waals surface area contributed by atoms with Gasteiger partial charge in [0.2, 0.25) is 5.91 Å². The summed E-state index contributed by atoms with van der Waals surface area (Å²) in [4.78, 5) is 37.6. The summed E-state index contributed by atoms with van der Waals surface area (Å²) in [6, 6.07) is 12.5. The largest absolute Gasteiger partial charge is 0.346 e. The number of amides is 2. The molecule has 0 radical (unpaired) electrons. The SMILES string of the molecule is Cc1ccc(C(=O)Nc2ccc(F)cc2)cc1NC(=O)C1(c2ncnc3[nH]ccc23)CC1. The van der Waals surface area contributed by atoms with Gasteiger partial charge >= 0.3 is 0 Å². The molecule has 1 fully saturated rings. The molecule has 1 aliphatic carbocycles. The number of halogens is 1. The highest BCUT2D eigenvalue weighted by Crippen LogP contribution is 2.50. The van der Waals surface area contributed by atoms with E-state index in [2.05, 4.69) is 25.6 Å². The predicted octanol–water partition coefficient (Wildman–Crippen LogP) is 4.33. The van der Waals surface area contributed by atoms with Gasteiger partial charge in [0.15, 0.2) is 0 Å². The molecule has 0 atom stereocenters. The number of fused-ring (bicyclic) bond motifs is 1. The lowest BCUT2D eigenvalue weighted by Crippen LogP contribution is -2.29. The number of carbonyl (C=O) groups excluding carboxylic acids is 2. The first kappa shape index (κ1) is 19.9. The number of hydrogen-bond donors (Lipinski definition) is 3. The van der Waals surface area contributed by atoms with Gasteiger partial charge in [0, 0.05) is 28.5 Å². The van der Waals surface area contributed by atoms with Gasteiger partial charge in [-0.2, -0.15) is 0 Å². The molecular formula is C24H20FN5O2. The normalized spacial score (nSPS) is 14.2. The zero-order valence-electron chi connectivity index (χ0n) is 17.3. The van der Waals surface area contributed by atoms with Crippen LogP contribution in [0.2, 0.25) is 0 Å². The van der Waals surface area contributed by atoms with Gasteiger partial charge in [0.1, 0.15) is 17.8 Å². The number of nitrogens with one attached hydrogen (secondary N) is 3. The van der Waals surface area contributed by atoms with Gasteiger partial charge in [0.25, 0.3) is 5.91 Å². The predicted molar refractivity (Wildman–Crippen MR) is 119 cm³/mol. The third-order valence-electron chi connectivity index (χ3n) is 5.84. The number of rotatable bonds is 5. The lowest BCUT2D eigenvalue weighted by atomic mass is 9.98. The van der Waals surface area contributed by atoms with Crippen molar-refractivity contribution in [1.82, 2.24) is 15.0 Å². The van der Waals surface area contributed by atoms with Gasteiger partial charge in [-0.3, -0.25) is 9.59 Å². The minimum atomic E-state index is -0.706. The molecule has 2 amide bonds. The van der Waals surface area contributed by atoms with Crippen molar-refractivity contribution in [3.8, 4) is 0 Å². The van der Waals surface area contributed by atoms with E-state index in [0.29, 0.717) is 41.1 Å². The quantitative estimate of drug-likeness (QED) is 0.440. The van der Waals surface area contributed by atoms with E-state index in [4.69, 9.17) is 0 Å². The van der Waals surface area contributed by atoms with Crippen molar-refractivity contribution >= 4 is 34.2 Å². The van der Waals surface area contributed by atoms with E-state index in [9.17, 15) is 14.0 Å². The van der Waals surface area contributed by atoms with Crippen LogP contribution in [0, 0.1) is 12.7 Å². The highest BCUT2D eigenvalue weighted by atomic mass is 19.1. The molecular weight excluding hydrogens is 409 g/mol. The van der Waals surface area contributed by atoms with Crippen LogP contribution in [0.5, 0.6) is 0 Å². The molecule has 0 spiro atoms. The maximum Gasteiger partial charge on any atom is 0.255 e. The van der Waals surface area contributed by atoms with Crippen molar-refractivity contribution in [2.75, 3.05) is 10.6 Å². The number of aromatic amines is 1. The average molecular weight is 429 g/mol. The Morgan fingerprint density at radius 2 is 1.81 bits per heavy atom. The molecule has 8 heteroatoms. The second-order valence-corrected chi connectivity index (χ2v) is 7.99. The van der Waals surface area contributed by atoms with E-state index in [1.807, 2.05) is 13.0 Å². The van der Waals surface area contributed by atoms with Gasteiger partial charge in [-0.15, -0.1) is 0 Å². The number of nitrogens with zero attached hydrogens (tertiary/aromatic N) is 2. The zero-order valence-corrected chi connectivity index (χ0v) is 17.3. The molecule has 32 heavy (non-hydrogen) atoms. The molecule has 2 heterocycles. The summed E-state index contributed by atoms with van der Waals surface area (Å²) >= 11 is 0. The Bertz CT molecular complexity index is 1340. The van der Waals surface area contributed by atoms with Crippen molar-refractivity contribution in [1.29, 1.82) is 0 Å². The Labute approximate surface area is 183 Å². The number of anilines is 2. The van der Waals surface area contributed by atoms with Crippen LogP contribution in [0.3, 0.4) is 0 Å². The van der Waals surface area contributed by atoms with Gasteiger partial charge in [0.05, 0.1) is 11.1 Å². The summed E-state index contributed by atoms with van der Waals surface area (Å²) in [6.45, 7) is 1.87. The summed E-state index contributed by atoms with van der Waals surface area (Å²) in [6.07, 6.45) is 4.64. The molecule has 0 unspecified atom stereocenters. The maximum absolute atomic E-state index is 13.3. The number of aryl methyl sites for hydroxylation is 1. The molecule has 160 valence electrons. The van der Waals surface area contributed by atoms with Crippen molar-refractivity contribution in [3.63, 3.8) is 0 Å². The average Bonchev–Trinajstić information content (AvgIpc) is 3.46. The summed E-state index contributed by atoms with van der Waals surface area (Å²) in [5.41, 5.74) is 2.97. The second-order valence-electron chi connectivity index (χ2n) is 7.99. The Balaban J connectivity index is 1.38. The van der Waals surface area contributed by atoms with Gasteiger partial charge < -0.3 is 15.6 Å². The highest BCUT2D eigenvalue weighted by Gasteiger charge is 2.53. The van der Waals surface area contributed by atoms with Crippen LogP contribution in [0.1, 0.15) is 34.5 Å². The first-order valence-electron chi connectivity index (χ1n) is 10.2. The highest BCUT2D eigenvalue weighted by molar-refractivity contribution is 6.07. The number of hydrogen-bond acceptors (Lipinski definition) is 4. The second kappa shape index (κ2) is 7.56. The molecule has 1 saturated carbocycles. The van der Waals surface area contributed by atoms with E-state index < -0.39 is 5.41 Å². The Hall–Kier alpha value is -4.07. The van der Waals surface area contributed by atoms with E-state index in [1.165, 1.54) is 30.6 Å². The smallest absolute Gasteiger partial charge is 0.255 e. The molecule has 2 aromatic carbocycles. The fraction of sp³-hybridized carbons (Fsp3) is 0.167. The lowest BCUT2D eigenvalue weighted by molar-refractivity contribution is -0.118. The Kier molecular flexibility index (Phi) is 4.70. The Morgan fingerprint density at radius 1 is 1.03 bits per heavy atom. The third kappa shape index (κ3) is 3.49. The molecule has 5 rings (SSSR count). The fourth-order valence-electron chi connectivity index (χ4n) is 3.83. The Morgan fingerprint density at radius 3 is 2.56 bits per heavy atom. The fourth-order valence-corrected chi connectivity index (χ4v) is 3.83. The molecule has 1 aliphatic rings. The zero-order chi connectivity index (χ0) is 22.3. The summed E-state index contributed by atoms with van der Waals surface area (Å²) in [7, 11) is 0. The lowest BCUT2D eigenvalue weighted by Gasteiger charge is -2.17. The van der Waals surface area contributed by atoms with Crippen molar-refractivity contribution in [3.05, 3.63) is 83.7 Å². The summed E-state index contributed by atoms with van der Waals surface area (Å²) in [5, 5.41) is 6.57. The van der Waals surface area contributed by atoms with Crippen LogP contribution in [0.4, 0.5) is 15.8 Å². The van der Waals surface area contributed by atoms with Gasteiger partial charge in [-0.25, -0.2) is 14.4 Å². The van der Waals surface area contributed by atoms with Gasteiger partial charge in [-0.05, 0) is 67.8 Å². The number of carbonyl (C=O) groups is 2. The van der Waals surface area contributed by atoms with Crippen molar-refractivity contribution < 1.29 is 14.0 Å². The minimum absolute atomic E-state index is 0.155. The van der Waals surface area contributed by atoms with Crippen LogP contribution in [0.25, 0.3) is 11.0 Å². The van der Waals surface area contributed by atoms with Crippen molar-refractivity contribution in [2.24, 2.45) is 0 Å². The standard InChI is InChI=1S/C24H20FN5O2/c1-14-2-3-15(22(31)29-17-6-4-16(25)5-7-17)12-19(14)30-23(32)24(9-10-24)20-18-8-11-26-21(18)28-13-27-20/h2-8,11-13H,9-10H2,1H3,(H,29,31)(H,30,32)(H,26,27,28). The molecule has 4 aromatic rings. The number of benzene rings is 2. The number of H-pyrrole nitrogens is 1. The molecule has 0 bridgehead atoms. The molecule has 7 nitrogen and oxygen atoms in total. The monoisotopic (exact) mass is 429 g/mol. The van der Waals surface area contributed by atoms with Crippen LogP contribution in [-0.2, 0) is 10.2 Å². The summed E-state index contributed by atoms with van der Waals surface area (Å²) < 4.78 is 13.1. The first-order chi connectivity index (χ1) is 15.5. The van der Waals surface area contributed by atoms with E-state index in [-0.39, 0.29) is 17.6 Å². The van der Waals surface area contributed by atoms with Crippen LogP contribution < -0.4 is 10.6 Å². The number of aromatic nitrogens is 3.